The van der Waals surface area contributed by atoms with E-state index in [1.165, 1.54) is 11.1 Å². The molecule has 42 heavy (non-hydrogen) atoms. The Morgan fingerprint density at radius 2 is 0.833 bits per heavy atom. The molecule has 4 aromatic carbocycles. The second-order valence-electron chi connectivity index (χ2n) is 12.0. The van der Waals surface area contributed by atoms with E-state index >= 15 is 0 Å². The standard InChI is InChI=1S/C34H34N4O2.2BrH/c39-33(29-7-3-1-4-8-29)31-15-11-27(12-16-31)19-37-22-35-21-36(23-37)25-38(24-35,26-37)20-28-13-17-32(18-14-28)34(40)30-9-5-2-6-10-30;;/h1-18H,19-26H2;2*1H/q+2;;/p-2. The Labute approximate surface area is 268 Å². The van der Waals surface area contributed by atoms with Crippen molar-refractivity contribution in [2.24, 2.45) is 0 Å². The summed E-state index contributed by atoms with van der Waals surface area (Å²) in [5.74, 6) is 0.140. The zero-order valence-electron chi connectivity index (χ0n) is 23.4. The summed E-state index contributed by atoms with van der Waals surface area (Å²) >= 11 is 0. The van der Waals surface area contributed by atoms with Crippen LogP contribution in [0.3, 0.4) is 0 Å². The van der Waals surface area contributed by atoms with E-state index in [-0.39, 0.29) is 45.5 Å². The van der Waals surface area contributed by atoms with E-state index in [9.17, 15) is 9.59 Å². The average molecular weight is 690 g/mol. The number of quaternary nitrogens is 2. The Kier molecular flexibility index (Phi) is 8.94. The maximum absolute atomic E-state index is 12.9. The van der Waals surface area contributed by atoms with Crippen LogP contribution in [0.5, 0.6) is 0 Å². The first-order chi connectivity index (χ1) is 19.5. The Balaban J connectivity index is 0.00000176. The minimum Gasteiger partial charge on any atom is -1.00 e. The third-order valence-corrected chi connectivity index (χ3v) is 8.54. The fourth-order valence-corrected chi connectivity index (χ4v) is 7.26. The molecule has 0 radical (unpaired) electrons. The lowest BCUT2D eigenvalue weighted by Crippen LogP contribution is -3.00. The third-order valence-electron chi connectivity index (χ3n) is 8.54. The first-order valence-corrected chi connectivity index (χ1v) is 14.0. The van der Waals surface area contributed by atoms with Gasteiger partial charge in [-0.2, -0.15) is 9.80 Å². The van der Waals surface area contributed by atoms with Gasteiger partial charge in [0.25, 0.3) is 0 Å². The lowest BCUT2D eigenvalue weighted by molar-refractivity contribution is -1.18. The summed E-state index contributed by atoms with van der Waals surface area (Å²) in [6.45, 7) is 8.28. The predicted octanol–water partition coefficient (Wildman–Crippen LogP) is -1.12. The number of nitrogens with zero attached hydrogens (tertiary/aromatic N) is 4. The number of benzene rings is 4. The van der Waals surface area contributed by atoms with Crippen molar-refractivity contribution in [1.29, 1.82) is 0 Å². The van der Waals surface area contributed by atoms with Gasteiger partial charge in [0.15, 0.2) is 11.6 Å². The zero-order chi connectivity index (χ0) is 27.2. The Morgan fingerprint density at radius 1 is 0.500 bits per heavy atom. The van der Waals surface area contributed by atoms with Crippen LogP contribution in [-0.2, 0) is 13.1 Å². The Morgan fingerprint density at radius 3 is 1.19 bits per heavy atom. The van der Waals surface area contributed by atoms with E-state index in [4.69, 9.17) is 0 Å². The minimum atomic E-state index is 0. The highest BCUT2D eigenvalue weighted by molar-refractivity contribution is 6.09. The molecular formula is C34H34Br2N4O2. The first-order valence-electron chi connectivity index (χ1n) is 14.0. The molecule has 4 aromatic rings. The molecule has 0 unspecified atom stereocenters. The molecule has 4 aliphatic rings. The topological polar surface area (TPSA) is 40.6 Å². The van der Waals surface area contributed by atoms with Gasteiger partial charge in [0.1, 0.15) is 39.8 Å². The highest BCUT2D eigenvalue weighted by atomic mass is 79.9. The normalized spacial score (nSPS) is 25.2. The maximum Gasteiger partial charge on any atom is 0.212 e. The summed E-state index contributed by atoms with van der Waals surface area (Å²) in [5, 5.41) is 0. The van der Waals surface area contributed by atoms with Crippen LogP contribution in [-0.4, -0.2) is 70.3 Å². The molecule has 216 valence electrons. The quantitative estimate of drug-likeness (QED) is 0.174. The SMILES string of the molecule is O=C(c1ccccc1)c1ccc(C[N+]23CN4CN(C2)C[N+](Cc2ccc(C(=O)c5ccccc5)cc2)(C4)C3)cc1.[Br-].[Br-]. The van der Waals surface area contributed by atoms with Crippen molar-refractivity contribution in [1.82, 2.24) is 9.80 Å². The van der Waals surface area contributed by atoms with E-state index in [0.717, 1.165) is 84.3 Å². The molecule has 8 heteroatoms. The van der Waals surface area contributed by atoms with Crippen molar-refractivity contribution in [3.63, 3.8) is 0 Å². The molecular weight excluding hydrogens is 656 g/mol. The number of rotatable bonds is 8. The average Bonchev–Trinajstić information content (AvgIpc) is 2.97. The van der Waals surface area contributed by atoms with Crippen LogP contribution < -0.4 is 34.0 Å². The molecule has 0 aromatic heterocycles. The van der Waals surface area contributed by atoms with Gasteiger partial charge < -0.3 is 34.0 Å². The van der Waals surface area contributed by atoms with Gasteiger partial charge in [-0.15, -0.1) is 0 Å². The summed E-state index contributed by atoms with van der Waals surface area (Å²) in [4.78, 5) is 30.9. The molecule has 4 bridgehead atoms. The van der Waals surface area contributed by atoms with Crippen LogP contribution >= 0.6 is 0 Å². The van der Waals surface area contributed by atoms with E-state index in [0.29, 0.717) is 0 Å². The number of hydrogen-bond acceptors (Lipinski definition) is 4. The van der Waals surface area contributed by atoms with Gasteiger partial charge in [-0.25, -0.2) is 8.97 Å². The number of halogens is 2. The zero-order valence-corrected chi connectivity index (χ0v) is 26.6. The van der Waals surface area contributed by atoms with Crippen molar-refractivity contribution in [3.05, 3.63) is 143 Å². The smallest absolute Gasteiger partial charge is 0.212 e. The molecule has 0 spiro atoms. The highest BCUT2D eigenvalue weighted by Gasteiger charge is 2.57. The van der Waals surface area contributed by atoms with Crippen molar-refractivity contribution in [3.8, 4) is 0 Å². The molecule has 0 amide bonds. The third kappa shape index (κ3) is 6.06. The van der Waals surface area contributed by atoms with Gasteiger partial charge in [0.05, 0.1) is 6.67 Å². The fourth-order valence-electron chi connectivity index (χ4n) is 7.26. The summed E-state index contributed by atoms with van der Waals surface area (Å²) in [6, 6.07) is 35.5. The van der Waals surface area contributed by atoms with Gasteiger partial charge in [-0.3, -0.25) is 9.59 Å². The van der Waals surface area contributed by atoms with Crippen molar-refractivity contribution >= 4 is 11.6 Å². The molecule has 8 rings (SSSR count). The van der Waals surface area contributed by atoms with Crippen LogP contribution in [0, 0.1) is 0 Å². The van der Waals surface area contributed by atoms with Crippen LogP contribution in [0.1, 0.15) is 43.0 Å². The van der Waals surface area contributed by atoms with Gasteiger partial charge in [-0.1, -0.05) is 109 Å². The molecule has 0 saturated carbocycles. The van der Waals surface area contributed by atoms with E-state index in [1.807, 2.05) is 84.9 Å². The van der Waals surface area contributed by atoms with Crippen LogP contribution in [0.15, 0.2) is 109 Å². The summed E-state index contributed by atoms with van der Waals surface area (Å²) in [7, 11) is 0. The van der Waals surface area contributed by atoms with Crippen molar-refractivity contribution in [2.45, 2.75) is 13.1 Å². The second-order valence-corrected chi connectivity index (χ2v) is 12.0. The lowest BCUT2D eigenvalue weighted by Gasteiger charge is -2.63. The van der Waals surface area contributed by atoms with Crippen LogP contribution in [0.2, 0.25) is 0 Å². The van der Waals surface area contributed by atoms with Gasteiger partial charge in [0, 0.05) is 33.4 Å². The highest BCUT2D eigenvalue weighted by Crippen LogP contribution is 2.37. The molecule has 0 aliphatic carbocycles. The Bertz CT molecular complexity index is 1420. The Hall–Kier alpha value is -2.98. The maximum atomic E-state index is 12.9. The summed E-state index contributed by atoms with van der Waals surface area (Å²) < 4.78 is 2.02. The number of carbonyl (C=O) groups is 2. The van der Waals surface area contributed by atoms with E-state index < -0.39 is 0 Å². The van der Waals surface area contributed by atoms with Gasteiger partial charge >= 0.3 is 0 Å². The summed E-state index contributed by atoms with van der Waals surface area (Å²) in [5.41, 5.74) is 5.48. The molecule has 4 heterocycles. The largest absolute Gasteiger partial charge is 1.00 e. The number of carbonyl (C=O) groups excluding carboxylic acids is 2. The first kappa shape index (κ1) is 30.5. The molecule has 4 saturated heterocycles. The molecule has 0 N–H and O–H groups in total. The van der Waals surface area contributed by atoms with Gasteiger partial charge in [0.2, 0.25) is 6.67 Å². The predicted molar refractivity (Wildman–Crippen MR) is 153 cm³/mol. The monoisotopic (exact) mass is 688 g/mol. The minimum absolute atomic E-state index is 0. The van der Waals surface area contributed by atoms with E-state index in [1.54, 1.807) is 0 Å². The van der Waals surface area contributed by atoms with Crippen LogP contribution in [0.4, 0.5) is 0 Å². The van der Waals surface area contributed by atoms with Crippen LogP contribution in [0.25, 0.3) is 0 Å². The molecule has 6 nitrogen and oxygen atoms in total. The summed E-state index contributed by atoms with van der Waals surface area (Å²) in [6.07, 6.45) is 0. The van der Waals surface area contributed by atoms with Gasteiger partial charge in [-0.05, 0) is 0 Å². The second kappa shape index (κ2) is 12.3. The number of hydrogen-bond donors (Lipinski definition) is 0. The number of ketones is 2. The molecule has 4 aliphatic heterocycles. The molecule has 0 atom stereocenters. The lowest BCUT2D eigenvalue weighted by atomic mass is 10.0. The van der Waals surface area contributed by atoms with Crippen molar-refractivity contribution < 1.29 is 52.5 Å². The van der Waals surface area contributed by atoms with E-state index in [2.05, 4.69) is 34.1 Å². The molecule has 4 fully saturated rings. The van der Waals surface area contributed by atoms with Crippen molar-refractivity contribution in [2.75, 3.05) is 40.0 Å². The fraction of sp³-hybridized carbons (Fsp3) is 0.235.